The zero-order valence-electron chi connectivity index (χ0n) is 21.7. The van der Waals surface area contributed by atoms with Crippen molar-refractivity contribution in [3.8, 4) is 5.69 Å². The summed E-state index contributed by atoms with van der Waals surface area (Å²) < 4.78 is 15.5. The Hall–Kier alpha value is -3.75. The van der Waals surface area contributed by atoms with Gasteiger partial charge in [0.15, 0.2) is 0 Å². The Morgan fingerprint density at radius 1 is 1.05 bits per heavy atom. The van der Waals surface area contributed by atoms with Crippen LogP contribution >= 0.6 is 11.6 Å². The van der Waals surface area contributed by atoms with Crippen molar-refractivity contribution in [2.45, 2.75) is 25.9 Å². The molecule has 0 fully saturated rings. The SMILES string of the molecule is CCC(c1nc2ccccc2c(=O)n1-c1ccc(F)c(Cl)c1)N(CCN(C)C)C(=O)NCc1ccccc1. The topological polar surface area (TPSA) is 70.5 Å². The maximum atomic E-state index is 14.0. The lowest BCUT2D eigenvalue weighted by molar-refractivity contribution is 0.160. The first-order valence-electron chi connectivity index (χ1n) is 12.5. The Balaban J connectivity index is 1.83. The van der Waals surface area contributed by atoms with Gasteiger partial charge in [-0.2, -0.15) is 0 Å². The van der Waals surface area contributed by atoms with Gasteiger partial charge in [-0.25, -0.2) is 14.2 Å². The minimum atomic E-state index is -0.585. The summed E-state index contributed by atoms with van der Waals surface area (Å²) >= 11 is 6.11. The number of carbonyl (C=O) groups excluding carboxylic acids is 1. The summed E-state index contributed by atoms with van der Waals surface area (Å²) in [4.78, 5) is 36.0. The standard InChI is InChI=1S/C29H31ClFN5O2/c1-4-26(35(17-16-34(2)3)29(38)32-19-20-10-6-5-7-11-20)27-33-25-13-9-8-12-22(25)28(37)36(27)21-14-15-24(31)23(30)18-21/h5-15,18,26H,4,16-17,19H2,1-3H3,(H,32,38). The van der Waals surface area contributed by atoms with Crippen LogP contribution in [0.5, 0.6) is 0 Å². The predicted molar refractivity (Wildman–Crippen MR) is 149 cm³/mol. The van der Waals surface area contributed by atoms with Crippen LogP contribution in [0.15, 0.2) is 77.6 Å². The number of nitrogens with one attached hydrogen (secondary N) is 1. The minimum absolute atomic E-state index is 0.105. The number of fused-ring (bicyclic) bond motifs is 1. The quantitative estimate of drug-likeness (QED) is 0.311. The molecule has 1 heterocycles. The summed E-state index contributed by atoms with van der Waals surface area (Å²) in [5, 5.41) is 3.33. The average Bonchev–Trinajstić information content (AvgIpc) is 2.92. The van der Waals surface area contributed by atoms with E-state index in [2.05, 4.69) is 5.32 Å². The van der Waals surface area contributed by atoms with Gasteiger partial charge in [-0.1, -0.05) is 61.0 Å². The fourth-order valence-corrected chi connectivity index (χ4v) is 4.55. The third-order valence-electron chi connectivity index (χ3n) is 6.36. The maximum Gasteiger partial charge on any atom is 0.318 e. The molecule has 0 aliphatic carbocycles. The van der Waals surface area contributed by atoms with Gasteiger partial charge in [0.25, 0.3) is 5.56 Å². The number of carbonyl (C=O) groups is 1. The highest BCUT2D eigenvalue weighted by Gasteiger charge is 2.29. The molecular formula is C29H31ClFN5O2. The second kappa shape index (κ2) is 12.2. The van der Waals surface area contributed by atoms with Crippen LogP contribution in [0.1, 0.15) is 30.8 Å². The summed E-state index contributed by atoms with van der Waals surface area (Å²) in [5.41, 5.74) is 1.56. The molecule has 0 saturated carbocycles. The normalized spacial score (nSPS) is 12.1. The summed E-state index contributed by atoms with van der Waals surface area (Å²) in [6, 6.07) is 20.0. The molecule has 3 aromatic carbocycles. The Kier molecular flexibility index (Phi) is 8.76. The molecule has 4 aromatic rings. The van der Waals surface area contributed by atoms with E-state index in [4.69, 9.17) is 16.6 Å². The lowest BCUT2D eigenvalue weighted by atomic mass is 10.1. The first kappa shape index (κ1) is 27.3. The molecule has 7 nitrogen and oxygen atoms in total. The number of halogens is 2. The number of hydrogen-bond acceptors (Lipinski definition) is 4. The first-order chi connectivity index (χ1) is 18.3. The molecule has 198 valence electrons. The molecular weight excluding hydrogens is 505 g/mol. The number of aromatic nitrogens is 2. The van der Waals surface area contributed by atoms with E-state index in [9.17, 15) is 14.0 Å². The van der Waals surface area contributed by atoms with Crippen molar-refractivity contribution in [3.63, 3.8) is 0 Å². The van der Waals surface area contributed by atoms with Gasteiger partial charge in [0.2, 0.25) is 0 Å². The average molecular weight is 536 g/mol. The summed E-state index contributed by atoms with van der Waals surface area (Å²) in [5.74, 6) is -0.203. The van der Waals surface area contributed by atoms with E-state index in [1.165, 1.54) is 22.8 Å². The minimum Gasteiger partial charge on any atom is -0.334 e. The van der Waals surface area contributed by atoms with Crippen molar-refractivity contribution in [1.82, 2.24) is 24.7 Å². The summed E-state index contributed by atoms with van der Waals surface area (Å²) in [6.45, 7) is 3.32. The molecule has 2 amide bonds. The van der Waals surface area contributed by atoms with Gasteiger partial charge in [-0.15, -0.1) is 0 Å². The number of hydrogen-bond donors (Lipinski definition) is 1. The van der Waals surface area contributed by atoms with Crippen LogP contribution in [0, 0.1) is 5.82 Å². The van der Waals surface area contributed by atoms with Gasteiger partial charge >= 0.3 is 6.03 Å². The van der Waals surface area contributed by atoms with Crippen LogP contribution in [-0.2, 0) is 6.54 Å². The first-order valence-corrected chi connectivity index (χ1v) is 12.9. The van der Waals surface area contributed by atoms with E-state index in [1.54, 1.807) is 23.1 Å². The molecule has 38 heavy (non-hydrogen) atoms. The molecule has 9 heteroatoms. The number of urea groups is 1. The smallest absolute Gasteiger partial charge is 0.318 e. The van der Waals surface area contributed by atoms with Crippen LogP contribution in [0.4, 0.5) is 9.18 Å². The van der Waals surface area contributed by atoms with Gasteiger partial charge in [-0.05, 0) is 56.4 Å². The van der Waals surface area contributed by atoms with Crippen molar-refractivity contribution in [3.05, 3.63) is 105 Å². The van der Waals surface area contributed by atoms with Gasteiger partial charge in [0.1, 0.15) is 11.6 Å². The Labute approximate surface area is 226 Å². The molecule has 1 aromatic heterocycles. The van der Waals surface area contributed by atoms with Gasteiger partial charge in [0, 0.05) is 19.6 Å². The number of para-hydroxylation sites is 1. The van der Waals surface area contributed by atoms with E-state index in [0.717, 1.165) is 5.56 Å². The van der Waals surface area contributed by atoms with Crippen molar-refractivity contribution in [1.29, 1.82) is 0 Å². The van der Waals surface area contributed by atoms with E-state index in [-0.39, 0.29) is 16.6 Å². The third-order valence-corrected chi connectivity index (χ3v) is 6.65. The zero-order chi connectivity index (χ0) is 27.2. The molecule has 1 unspecified atom stereocenters. The monoisotopic (exact) mass is 535 g/mol. The van der Waals surface area contributed by atoms with Crippen LogP contribution in [0.3, 0.4) is 0 Å². The fraction of sp³-hybridized carbons (Fsp3) is 0.276. The van der Waals surface area contributed by atoms with Gasteiger partial charge in [0.05, 0.1) is 27.7 Å². The molecule has 4 rings (SSSR count). The lowest BCUT2D eigenvalue weighted by Gasteiger charge is -2.33. The molecule has 0 radical (unpaired) electrons. The second-order valence-electron chi connectivity index (χ2n) is 9.29. The van der Waals surface area contributed by atoms with Crippen molar-refractivity contribution in [2.75, 3.05) is 27.2 Å². The van der Waals surface area contributed by atoms with Crippen molar-refractivity contribution >= 4 is 28.5 Å². The van der Waals surface area contributed by atoms with Crippen molar-refractivity contribution < 1.29 is 9.18 Å². The molecule has 1 N–H and O–H groups in total. The number of amides is 2. The van der Waals surface area contributed by atoms with Crippen molar-refractivity contribution in [2.24, 2.45) is 0 Å². The molecule has 1 atom stereocenters. The Morgan fingerprint density at radius 2 is 1.76 bits per heavy atom. The molecule has 0 aliphatic heterocycles. The largest absolute Gasteiger partial charge is 0.334 e. The fourth-order valence-electron chi connectivity index (χ4n) is 4.37. The van der Waals surface area contributed by atoms with E-state index in [0.29, 0.717) is 48.5 Å². The maximum absolute atomic E-state index is 14.0. The van der Waals surface area contributed by atoms with Gasteiger partial charge < -0.3 is 15.1 Å². The third kappa shape index (κ3) is 6.03. The van der Waals surface area contributed by atoms with Crippen LogP contribution in [0.25, 0.3) is 16.6 Å². The number of rotatable bonds is 9. The van der Waals surface area contributed by atoms with Crippen LogP contribution < -0.4 is 10.9 Å². The van der Waals surface area contributed by atoms with E-state index >= 15 is 0 Å². The summed E-state index contributed by atoms with van der Waals surface area (Å²) in [7, 11) is 3.87. The highest BCUT2D eigenvalue weighted by molar-refractivity contribution is 6.30. The van der Waals surface area contributed by atoms with E-state index in [1.807, 2.05) is 62.3 Å². The second-order valence-corrected chi connectivity index (χ2v) is 9.70. The predicted octanol–water partition coefficient (Wildman–Crippen LogP) is 5.40. The number of likely N-dealkylation sites (N-methyl/N-ethyl adjacent to an activating group) is 1. The Morgan fingerprint density at radius 3 is 2.45 bits per heavy atom. The number of benzene rings is 3. The zero-order valence-corrected chi connectivity index (χ0v) is 22.5. The van der Waals surface area contributed by atoms with E-state index < -0.39 is 11.9 Å². The highest BCUT2D eigenvalue weighted by Crippen LogP contribution is 2.27. The molecule has 0 bridgehead atoms. The van der Waals surface area contributed by atoms with Crippen LogP contribution in [-0.4, -0.2) is 52.6 Å². The molecule has 0 spiro atoms. The Bertz CT molecular complexity index is 1480. The number of nitrogens with zero attached hydrogens (tertiary/aromatic N) is 4. The molecule has 0 saturated heterocycles. The van der Waals surface area contributed by atoms with Gasteiger partial charge in [-0.3, -0.25) is 9.36 Å². The molecule has 0 aliphatic rings. The van der Waals surface area contributed by atoms with Crippen LogP contribution in [0.2, 0.25) is 5.02 Å². The highest BCUT2D eigenvalue weighted by atomic mass is 35.5. The summed E-state index contributed by atoms with van der Waals surface area (Å²) in [6.07, 6.45) is 0.492. The lowest BCUT2D eigenvalue weighted by Crippen LogP contribution is -2.46.